The number of amides is 1. The molecule has 0 spiro atoms. The van der Waals surface area contributed by atoms with Crippen LogP contribution in [0.5, 0.6) is 0 Å². The molecule has 0 fully saturated rings. The highest BCUT2D eigenvalue weighted by Gasteiger charge is 2.13. The van der Waals surface area contributed by atoms with Gasteiger partial charge in [0.25, 0.3) is 0 Å². The summed E-state index contributed by atoms with van der Waals surface area (Å²) in [5.41, 5.74) is 6.84. The summed E-state index contributed by atoms with van der Waals surface area (Å²) in [6.07, 6.45) is 2.26. The van der Waals surface area contributed by atoms with Crippen molar-refractivity contribution >= 4 is 5.91 Å². The van der Waals surface area contributed by atoms with Gasteiger partial charge >= 0.3 is 0 Å². The van der Waals surface area contributed by atoms with Crippen LogP contribution in [0, 0.1) is 5.82 Å². The average Bonchev–Trinajstić information content (AvgIpc) is 2.30. The molecule has 100 valence electrons. The number of benzene rings is 1. The number of nitrogens with two attached hydrogens (primary N) is 1. The van der Waals surface area contributed by atoms with E-state index in [4.69, 9.17) is 5.73 Å². The van der Waals surface area contributed by atoms with E-state index in [1.807, 2.05) is 13.8 Å². The Labute approximate surface area is 108 Å². The molecule has 1 unspecified atom stereocenters. The maximum Gasteiger partial charge on any atom is 0.237 e. The Bertz CT molecular complexity index is 376. The third-order valence-electron chi connectivity index (χ3n) is 2.66. The van der Waals surface area contributed by atoms with E-state index in [-0.39, 0.29) is 17.8 Å². The third kappa shape index (κ3) is 5.27. The van der Waals surface area contributed by atoms with Gasteiger partial charge in [-0.25, -0.2) is 4.39 Å². The Kier molecular flexibility index (Phi) is 5.78. The Morgan fingerprint density at radius 1 is 1.33 bits per heavy atom. The minimum atomic E-state index is -0.465. The van der Waals surface area contributed by atoms with Crippen LogP contribution < -0.4 is 11.1 Å². The molecule has 0 aliphatic heterocycles. The lowest BCUT2D eigenvalue weighted by Gasteiger charge is -2.14. The summed E-state index contributed by atoms with van der Waals surface area (Å²) in [6, 6.07) is 6.06. The van der Waals surface area contributed by atoms with Gasteiger partial charge in [0, 0.05) is 6.04 Å². The number of aryl methyl sites for hydroxylation is 1. The van der Waals surface area contributed by atoms with E-state index in [0.717, 1.165) is 18.4 Å². The summed E-state index contributed by atoms with van der Waals surface area (Å²) >= 11 is 0. The van der Waals surface area contributed by atoms with E-state index in [2.05, 4.69) is 5.32 Å². The SMILES string of the molecule is CC(C)NC(=O)C(N)CCCc1ccc(F)cc1. The molecule has 1 atom stereocenters. The molecule has 18 heavy (non-hydrogen) atoms. The highest BCUT2D eigenvalue weighted by Crippen LogP contribution is 2.08. The molecule has 1 amide bonds. The van der Waals surface area contributed by atoms with Crippen molar-refractivity contribution in [3.8, 4) is 0 Å². The zero-order valence-corrected chi connectivity index (χ0v) is 10.9. The summed E-state index contributed by atoms with van der Waals surface area (Å²) < 4.78 is 12.7. The first kappa shape index (κ1) is 14.6. The fourth-order valence-electron chi connectivity index (χ4n) is 1.70. The Balaban J connectivity index is 2.28. The van der Waals surface area contributed by atoms with E-state index in [1.165, 1.54) is 12.1 Å². The molecule has 0 aromatic heterocycles. The zero-order valence-electron chi connectivity index (χ0n) is 10.9. The third-order valence-corrected chi connectivity index (χ3v) is 2.66. The minimum Gasteiger partial charge on any atom is -0.353 e. The second-order valence-corrected chi connectivity index (χ2v) is 4.79. The number of halogens is 1. The Hall–Kier alpha value is -1.42. The van der Waals surface area contributed by atoms with Crippen LogP contribution in [0.2, 0.25) is 0 Å². The molecule has 1 aromatic rings. The van der Waals surface area contributed by atoms with E-state index in [1.54, 1.807) is 12.1 Å². The van der Waals surface area contributed by atoms with Crippen molar-refractivity contribution in [1.82, 2.24) is 5.32 Å². The van der Waals surface area contributed by atoms with Gasteiger partial charge < -0.3 is 11.1 Å². The highest BCUT2D eigenvalue weighted by molar-refractivity contribution is 5.81. The van der Waals surface area contributed by atoms with Crippen LogP contribution >= 0.6 is 0 Å². The summed E-state index contributed by atoms with van der Waals surface area (Å²) in [5, 5.41) is 2.79. The lowest BCUT2D eigenvalue weighted by molar-refractivity contribution is -0.123. The predicted octanol–water partition coefficient (Wildman–Crippen LogP) is 2.00. The van der Waals surface area contributed by atoms with Gasteiger partial charge in [-0.1, -0.05) is 12.1 Å². The molecule has 0 heterocycles. The summed E-state index contributed by atoms with van der Waals surface area (Å²) in [7, 11) is 0. The fraction of sp³-hybridized carbons (Fsp3) is 0.500. The number of hydrogen-bond acceptors (Lipinski definition) is 2. The van der Waals surface area contributed by atoms with Crippen LogP contribution in [0.25, 0.3) is 0 Å². The molecule has 1 aromatic carbocycles. The van der Waals surface area contributed by atoms with Gasteiger partial charge in [-0.15, -0.1) is 0 Å². The van der Waals surface area contributed by atoms with E-state index in [9.17, 15) is 9.18 Å². The van der Waals surface area contributed by atoms with Crippen LogP contribution in [0.3, 0.4) is 0 Å². The number of rotatable bonds is 6. The van der Waals surface area contributed by atoms with E-state index >= 15 is 0 Å². The van der Waals surface area contributed by atoms with Gasteiger partial charge in [-0.05, 0) is 50.8 Å². The van der Waals surface area contributed by atoms with Crippen molar-refractivity contribution in [2.75, 3.05) is 0 Å². The molecule has 0 bridgehead atoms. The Morgan fingerprint density at radius 2 is 1.94 bits per heavy atom. The van der Waals surface area contributed by atoms with Crippen molar-refractivity contribution in [2.45, 2.75) is 45.2 Å². The summed E-state index contributed by atoms with van der Waals surface area (Å²) in [5.74, 6) is -0.337. The Morgan fingerprint density at radius 3 is 2.50 bits per heavy atom. The van der Waals surface area contributed by atoms with Gasteiger partial charge in [-0.3, -0.25) is 4.79 Å². The quantitative estimate of drug-likeness (QED) is 0.813. The molecule has 0 saturated heterocycles. The molecule has 1 rings (SSSR count). The number of hydrogen-bond donors (Lipinski definition) is 2. The largest absolute Gasteiger partial charge is 0.353 e. The van der Waals surface area contributed by atoms with Crippen LogP contribution in [0.4, 0.5) is 4.39 Å². The normalized spacial score (nSPS) is 12.5. The summed E-state index contributed by atoms with van der Waals surface area (Å²) in [4.78, 5) is 11.6. The van der Waals surface area contributed by atoms with Crippen molar-refractivity contribution < 1.29 is 9.18 Å². The van der Waals surface area contributed by atoms with Crippen molar-refractivity contribution in [2.24, 2.45) is 5.73 Å². The molecule has 3 nitrogen and oxygen atoms in total. The maximum atomic E-state index is 12.7. The van der Waals surface area contributed by atoms with E-state index in [0.29, 0.717) is 6.42 Å². The van der Waals surface area contributed by atoms with Gasteiger partial charge in [-0.2, -0.15) is 0 Å². The van der Waals surface area contributed by atoms with Gasteiger partial charge in [0.2, 0.25) is 5.91 Å². The zero-order chi connectivity index (χ0) is 13.5. The molecule has 4 heteroatoms. The standard InChI is InChI=1S/C14H21FN2O/c1-10(2)17-14(18)13(16)5-3-4-11-6-8-12(15)9-7-11/h6-10,13H,3-5,16H2,1-2H3,(H,17,18). The van der Waals surface area contributed by atoms with Crippen molar-refractivity contribution in [3.05, 3.63) is 35.6 Å². The maximum absolute atomic E-state index is 12.7. The second kappa shape index (κ2) is 7.11. The predicted molar refractivity (Wildman–Crippen MR) is 70.6 cm³/mol. The molecule has 0 aliphatic rings. The number of carbonyl (C=O) groups is 1. The molecule has 0 saturated carbocycles. The van der Waals surface area contributed by atoms with Crippen LogP contribution in [-0.4, -0.2) is 18.0 Å². The first-order chi connectivity index (χ1) is 8.49. The smallest absolute Gasteiger partial charge is 0.237 e. The average molecular weight is 252 g/mol. The van der Waals surface area contributed by atoms with Crippen LogP contribution in [0.15, 0.2) is 24.3 Å². The molecular weight excluding hydrogens is 231 g/mol. The van der Waals surface area contributed by atoms with Crippen molar-refractivity contribution in [1.29, 1.82) is 0 Å². The topological polar surface area (TPSA) is 55.1 Å². The highest BCUT2D eigenvalue weighted by atomic mass is 19.1. The first-order valence-corrected chi connectivity index (χ1v) is 6.29. The summed E-state index contributed by atoms with van der Waals surface area (Å²) in [6.45, 7) is 3.81. The number of nitrogens with one attached hydrogen (secondary N) is 1. The second-order valence-electron chi connectivity index (χ2n) is 4.79. The molecule has 0 radical (unpaired) electrons. The first-order valence-electron chi connectivity index (χ1n) is 6.29. The van der Waals surface area contributed by atoms with Crippen LogP contribution in [0.1, 0.15) is 32.3 Å². The van der Waals surface area contributed by atoms with E-state index < -0.39 is 6.04 Å². The molecular formula is C14H21FN2O. The fourth-order valence-corrected chi connectivity index (χ4v) is 1.70. The van der Waals surface area contributed by atoms with Gasteiger partial charge in [0.1, 0.15) is 5.82 Å². The molecule has 3 N–H and O–H groups in total. The molecule has 0 aliphatic carbocycles. The lowest BCUT2D eigenvalue weighted by atomic mass is 10.0. The minimum absolute atomic E-state index is 0.107. The van der Waals surface area contributed by atoms with Gasteiger partial charge in [0.05, 0.1) is 6.04 Å². The number of carbonyl (C=O) groups excluding carboxylic acids is 1. The van der Waals surface area contributed by atoms with Crippen LogP contribution in [-0.2, 0) is 11.2 Å². The van der Waals surface area contributed by atoms with Gasteiger partial charge in [0.15, 0.2) is 0 Å². The monoisotopic (exact) mass is 252 g/mol. The lowest BCUT2D eigenvalue weighted by Crippen LogP contribution is -2.43. The van der Waals surface area contributed by atoms with Crippen molar-refractivity contribution in [3.63, 3.8) is 0 Å².